The number of hydrogen-bond acceptors (Lipinski definition) is 6. The van der Waals surface area contributed by atoms with Gasteiger partial charge in [-0.1, -0.05) is 18.2 Å². The Bertz CT molecular complexity index is 1150. The van der Waals surface area contributed by atoms with Gasteiger partial charge in [0.1, 0.15) is 5.82 Å². The van der Waals surface area contributed by atoms with E-state index < -0.39 is 4.92 Å². The quantitative estimate of drug-likeness (QED) is 0.308. The number of hydrogen-bond donors (Lipinski definition) is 0. The zero-order valence-corrected chi connectivity index (χ0v) is 18.4. The summed E-state index contributed by atoms with van der Waals surface area (Å²) >= 11 is 0. The van der Waals surface area contributed by atoms with E-state index >= 15 is 0 Å². The second-order valence-corrected chi connectivity index (χ2v) is 8.29. The van der Waals surface area contributed by atoms with Crippen LogP contribution < -0.4 is 4.90 Å². The monoisotopic (exact) mass is 430 g/mol. The third-order valence-corrected chi connectivity index (χ3v) is 6.06. The van der Waals surface area contributed by atoms with E-state index in [0.29, 0.717) is 5.82 Å². The van der Waals surface area contributed by atoms with Gasteiger partial charge in [0.05, 0.1) is 16.9 Å². The molecular weight excluding hydrogens is 404 g/mol. The number of carbonyl (C=O) groups excluding carboxylic acids is 1. The van der Waals surface area contributed by atoms with Crippen molar-refractivity contribution >= 4 is 17.2 Å². The van der Waals surface area contributed by atoms with Crippen molar-refractivity contribution in [1.82, 2.24) is 9.97 Å². The minimum absolute atomic E-state index is 0.0858. The molecule has 1 saturated heterocycles. The number of Topliss-reactive ketones (excluding diaryl/α,β-unsaturated/α-hetero) is 1. The summed E-state index contributed by atoms with van der Waals surface area (Å²) in [4.78, 5) is 34.9. The Morgan fingerprint density at radius 3 is 2.34 bits per heavy atom. The molecule has 7 nitrogen and oxygen atoms in total. The number of aromatic nitrogens is 2. The van der Waals surface area contributed by atoms with Gasteiger partial charge in [-0.15, -0.1) is 0 Å². The van der Waals surface area contributed by atoms with E-state index in [-0.39, 0.29) is 23.5 Å². The number of rotatable bonds is 6. The van der Waals surface area contributed by atoms with Crippen molar-refractivity contribution in [3.05, 3.63) is 81.4 Å². The maximum absolute atomic E-state index is 13.0. The van der Waals surface area contributed by atoms with Gasteiger partial charge >= 0.3 is 0 Å². The number of aryl methyl sites for hydroxylation is 2. The summed E-state index contributed by atoms with van der Waals surface area (Å²) in [6.45, 7) is 5.91. The van der Waals surface area contributed by atoms with Crippen molar-refractivity contribution in [1.29, 1.82) is 0 Å². The van der Waals surface area contributed by atoms with Crippen LogP contribution in [0, 0.1) is 24.0 Å². The van der Waals surface area contributed by atoms with Crippen LogP contribution in [0.1, 0.15) is 46.6 Å². The number of nitro groups is 1. The molecular formula is C25H26N4O3. The van der Waals surface area contributed by atoms with Gasteiger partial charge in [0.15, 0.2) is 5.78 Å². The highest BCUT2D eigenvalue weighted by atomic mass is 16.6. The molecule has 0 aliphatic carbocycles. The maximum atomic E-state index is 13.0. The lowest BCUT2D eigenvalue weighted by Crippen LogP contribution is -2.29. The molecule has 1 aliphatic rings. The van der Waals surface area contributed by atoms with Gasteiger partial charge in [-0.3, -0.25) is 14.9 Å². The summed E-state index contributed by atoms with van der Waals surface area (Å²) < 4.78 is 0. The molecule has 2 aromatic carbocycles. The molecule has 2 heterocycles. The smallest absolute Gasteiger partial charge is 0.280 e. The van der Waals surface area contributed by atoms with Gasteiger partial charge in [0, 0.05) is 42.8 Å². The second kappa shape index (κ2) is 9.26. The fraction of sp³-hybridized carbons (Fsp3) is 0.320. The predicted molar refractivity (Wildman–Crippen MR) is 124 cm³/mol. The van der Waals surface area contributed by atoms with Gasteiger partial charge in [-0.05, 0) is 61.9 Å². The lowest BCUT2D eigenvalue weighted by atomic mass is 10.0. The molecule has 0 amide bonds. The van der Waals surface area contributed by atoms with E-state index in [9.17, 15) is 14.9 Å². The molecule has 0 saturated carbocycles. The van der Waals surface area contributed by atoms with Crippen molar-refractivity contribution in [2.24, 2.45) is 0 Å². The van der Waals surface area contributed by atoms with Crippen LogP contribution in [0.25, 0.3) is 11.1 Å². The number of anilines is 1. The lowest BCUT2D eigenvalue weighted by Gasteiger charge is -2.29. The van der Waals surface area contributed by atoms with E-state index in [2.05, 4.69) is 40.8 Å². The maximum Gasteiger partial charge on any atom is 0.280 e. The Labute approximate surface area is 187 Å². The highest BCUT2D eigenvalue weighted by molar-refractivity contribution is 6.01. The molecule has 0 atom stereocenters. The number of carbonyl (C=O) groups is 1. The third kappa shape index (κ3) is 4.66. The third-order valence-electron chi connectivity index (χ3n) is 6.06. The molecule has 0 unspecified atom stereocenters. The highest BCUT2D eigenvalue weighted by Crippen LogP contribution is 2.28. The van der Waals surface area contributed by atoms with Crippen LogP contribution in [0.2, 0.25) is 0 Å². The van der Waals surface area contributed by atoms with E-state index in [1.807, 2.05) is 6.07 Å². The molecule has 164 valence electrons. The van der Waals surface area contributed by atoms with E-state index in [4.69, 9.17) is 0 Å². The largest absolute Gasteiger partial charge is 0.372 e. The van der Waals surface area contributed by atoms with Crippen molar-refractivity contribution in [3.8, 4) is 11.1 Å². The normalized spacial score (nSPS) is 13.8. The van der Waals surface area contributed by atoms with Crippen LogP contribution in [-0.2, 0) is 6.42 Å². The number of piperidine rings is 1. The van der Waals surface area contributed by atoms with Crippen molar-refractivity contribution < 1.29 is 9.72 Å². The summed E-state index contributed by atoms with van der Waals surface area (Å²) in [5.74, 6) is -0.00486. The molecule has 32 heavy (non-hydrogen) atoms. The first-order chi connectivity index (χ1) is 15.4. The van der Waals surface area contributed by atoms with Gasteiger partial charge in [-0.25, -0.2) is 9.97 Å². The number of benzene rings is 2. The Morgan fingerprint density at radius 2 is 1.69 bits per heavy atom. The average molecular weight is 431 g/mol. The number of nitro benzene ring substituents is 1. The van der Waals surface area contributed by atoms with Crippen molar-refractivity contribution in [3.63, 3.8) is 0 Å². The van der Waals surface area contributed by atoms with Gasteiger partial charge in [0.2, 0.25) is 0 Å². The Hall–Kier alpha value is -3.61. The van der Waals surface area contributed by atoms with Crippen LogP contribution in [0.5, 0.6) is 0 Å². The lowest BCUT2D eigenvalue weighted by molar-refractivity contribution is -0.385. The van der Waals surface area contributed by atoms with E-state index in [0.717, 1.165) is 42.7 Å². The molecule has 0 spiro atoms. The molecule has 0 N–H and O–H groups in total. The van der Waals surface area contributed by atoms with Crippen LogP contribution in [0.4, 0.5) is 11.4 Å². The highest BCUT2D eigenvalue weighted by Gasteiger charge is 2.23. The van der Waals surface area contributed by atoms with Crippen molar-refractivity contribution in [2.45, 2.75) is 39.5 Å². The first-order valence-corrected chi connectivity index (χ1v) is 10.9. The van der Waals surface area contributed by atoms with Crippen LogP contribution in [-0.4, -0.2) is 33.8 Å². The predicted octanol–water partition coefficient (Wildman–Crippen LogP) is 5.08. The molecule has 1 aliphatic heterocycles. The molecule has 3 aromatic rings. The van der Waals surface area contributed by atoms with Gasteiger partial charge in [-0.2, -0.15) is 0 Å². The fourth-order valence-corrected chi connectivity index (χ4v) is 4.01. The molecule has 7 heteroatoms. The number of nitrogens with zero attached hydrogens (tertiary/aromatic N) is 4. The van der Waals surface area contributed by atoms with Gasteiger partial charge in [0.25, 0.3) is 5.69 Å². The first kappa shape index (κ1) is 21.6. The Balaban J connectivity index is 1.56. The zero-order valence-electron chi connectivity index (χ0n) is 18.4. The fourth-order valence-electron chi connectivity index (χ4n) is 4.01. The second-order valence-electron chi connectivity index (χ2n) is 8.29. The van der Waals surface area contributed by atoms with Crippen molar-refractivity contribution in [2.75, 3.05) is 18.0 Å². The molecule has 1 fully saturated rings. The molecule has 4 rings (SSSR count). The molecule has 0 bridgehead atoms. The number of ketones is 1. The summed E-state index contributed by atoms with van der Waals surface area (Å²) in [6.07, 6.45) is 6.65. The first-order valence-electron chi connectivity index (χ1n) is 10.9. The standard InChI is InChI=1S/C25H26N4O3/c1-17-6-7-19(12-18(17)2)20-15-26-25(27-16-20)14-24(30)22-13-21(8-9-23(22)29(31)32)28-10-4-3-5-11-28/h6-9,12-13,15-16H,3-5,10-11,14H2,1-2H3. The molecule has 0 radical (unpaired) electrons. The average Bonchev–Trinajstić information content (AvgIpc) is 2.81. The van der Waals surface area contributed by atoms with Gasteiger partial charge < -0.3 is 4.90 Å². The summed E-state index contributed by atoms with van der Waals surface area (Å²) in [5, 5.41) is 11.5. The van der Waals surface area contributed by atoms with E-state index in [1.165, 1.54) is 23.6 Å². The minimum atomic E-state index is -0.503. The minimum Gasteiger partial charge on any atom is -0.372 e. The summed E-state index contributed by atoms with van der Waals surface area (Å²) in [7, 11) is 0. The van der Waals surface area contributed by atoms with E-state index in [1.54, 1.807) is 24.5 Å². The Morgan fingerprint density at radius 1 is 0.969 bits per heavy atom. The molecule has 1 aromatic heterocycles. The zero-order chi connectivity index (χ0) is 22.7. The SMILES string of the molecule is Cc1ccc(-c2cnc(CC(=O)c3cc(N4CCCCC4)ccc3[N+](=O)[O-])nc2)cc1C. The van der Waals surface area contributed by atoms with Crippen LogP contribution >= 0.6 is 0 Å². The Kier molecular flexibility index (Phi) is 6.25. The van der Waals surface area contributed by atoms with Crippen LogP contribution in [0.3, 0.4) is 0 Å². The van der Waals surface area contributed by atoms with Crippen LogP contribution in [0.15, 0.2) is 48.8 Å². The summed E-state index contributed by atoms with van der Waals surface area (Å²) in [6, 6.07) is 11.0. The summed E-state index contributed by atoms with van der Waals surface area (Å²) in [5.41, 5.74) is 5.05. The topological polar surface area (TPSA) is 89.2 Å².